The summed E-state index contributed by atoms with van der Waals surface area (Å²) in [6, 6.07) is 18.2. The zero-order valence-electron chi connectivity index (χ0n) is 16.6. The van der Waals surface area contributed by atoms with Crippen LogP contribution in [0.2, 0.25) is 0 Å². The zero-order chi connectivity index (χ0) is 19.2. The second-order valence-electron chi connectivity index (χ2n) is 8.39. The number of benzene rings is 2. The molecule has 3 nitrogen and oxygen atoms in total. The fraction of sp³-hybridized carbons (Fsp3) is 0.375. The molecule has 1 aliphatic carbocycles. The molecule has 1 heterocycles. The molecule has 0 bridgehead atoms. The number of fused-ring (bicyclic) bond motifs is 1. The Hall–Kier alpha value is -2.55. The molecule has 1 fully saturated rings. The molecule has 0 saturated heterocycles. The third kappa shape index (κ3) is 2.95. The first-order chi connectivity index (χ1) is 12.9. The monoisotopic (exact) mass is 360 g/mol. The van der Waals surface area contributed by atoms with Gasteiger partial charge in [-0.2, -0.15) is 0 Å². The average molecular weight is 361 g/mol. The van der Waals surface area contributed by atoms with E-state index in [4.69, 9.17) is 0 Å². The normalized spacial score (nSPS) is 20.6. The molecule has 0 unspecified atom stereocenters. The van der Waals surface area contributed by atoms with E-state index in [1.54, 1.807) is 0 Å². The summed E-state index contributed by atoms with van der Waals surface area (Å²) in [4.78, 5) is 12.3. The number of aryl methyl sites for hydroxylation is 1. The summed E-state index contributed by atoms with van der Waals surface area (Å²) >= 11 is 0. The SMILES string of the molecule is Cc1c([C@H]2[C@@H](CCNC(=O)c3ccccc3)C2(C)C)c2ccccc2n1C. The van der Waals surface area contributed by atoms with Gasteiger partial charge in [0.15, 0.2) is 0 Å². The van der Waals surface area contributed by atoms with Crippen molar-refractivity contribution in [1.82, 2.24) is 9.88 Å². The molecule has 1 amide bonds. The molecule has 0 spiro atoms. The van der Waals surface area contributed by atoms with Crippen LogP contribution < -0.4 is 5.32 Å². The number of nitrogens with zero attached hydrogens (tertiary/aromatic N) is 1. The first kappa shape index (κ1) is 17.8. The van der Waals surface area contributed by atoms with Crippen LogP contribution >= 0.6 is 0 Å². The number of hydrogen-bond acceptors (Lipinski definition) is 1. The molecule has 4 rings (SSSR count). The van der Waals surface area contributed by atoms with Crippen LogP contribution in [-0.2, 0) is 7.05 Å². The first-order valence-electron chi connectivity index (χ1n) is 9.80. The van der Waals surface area contributed by atoms with Crippen molar-refractivity contribution in [2.24, 2.45) is 18.4 Å². The van der Waals surface area contributed by atoms with E-state index < -0.39 is 0 Å². The maximum absolute atomic E-state index is 12.3. The van der Waals surface area contributed by atoms with Gasteiger partial charge in [0, 0.05) is 35.8 Å². The lowest BCUT2D eigenvalue weighted by Crippen LogP contribution is -2.24. The number of amides is 1. The quantitative estimate of drug-likeness (QED) is 0.679. The minimum absolute atomic E-state index is 0.0203. The van der Waals surface area contributed by atoms with Crippen molar-refractivity contribution in [3.05, 3.63) is 71.4 Å². The highest BCUT2D eigenvalue weighted by atomic mass is 16.1. The highest BCUT2D eigenvalue weighted by Gasteiger charge is 2.58. The van der Waals surface area contributed by atoms with Gasteiger partial charge in [-0.15, -0.1) is 0 Å². The molecule has 0 radical (unpaired) electrons. The topological polar surface area (TPSA) is 34.0 Å². The number of nitrogens with one attached hydrogen (secondary N) is 1. The summed E-state index contributed by atoms with van der Waals surface area (Å²) in [6.07, 6.45) is 1.01. The van der Waals surface area contributed by atoms with E-state index >= 15 is 0 Å². The van der Waals surface area contributed by atoms with Gasteiger partial charge in [-0.3, -0.25) is 4.79 Å². The van der Waals surface area contributed by atoms with Crippen molar-refractivity contribution in [3.63, 3.8) is 0 Å². The Balaban J connectivity index is 1.49. The van der Waals surface area contributed by atoms with Gasteiger partial charge in [0.2, 0.25) is 0 Å². The fourth-order valence-electron chi connectivity index (χ4n) is 4.83. The first-order valence-corrected chi connectivity index (χ1v) is 9.80. The molecule has 1 saturated carbocycles. The second-order valence-corrected chi connectivity index (χ2v) is 8.39. The van der Waals surface area contributed by atoms with Crippen LogP contribution in [0.15, 0.2) is 54.6 Å². The van der Waals surface area contributed by atoms with Crippen molar-refractivity contribution in [2.75, 3.05) is 6.54 Å². The largest absolute Gasteiger partial charge is 0.352 e. The van der Waals surface area contributed by atoms with Gasteiger partial charge in [0.1, 0.15) is 0 Å². The van der Waals surface area contributed by atoms with Crippen molar-refractivity contribution >= 4 is 16.8 Å². The van der Waals surface area contributed by atoms with E-state index in [-0.39, 0.29) is 11.3 Å². The van der Waals surface area contributed by atoms with Crippen molar-refractivity contribution in [1.29, 1.82) is 0 Å². The highest BCUT2D eigenvalue weighted by Crippen LogP contribution is 2.67. The molecule has 0 aliphatic heterocycles. The number of hydrogen-bond donors (Lipinski definition) is 1. The van der Waals surface area contributed by atoms with Crippen LogP contribution in [0, 0.1) is 18.3 Å². The highest BCUT2D eigenvalue weighted by molar-refractivity contribution is 5.94. The van der Waals surface area contributed by atoms with Crippen molar-refractivity contribution in [3.8, 4) is 0 Å². The van der Waals surface area contributed by atoms with Gasteiger partial charge in [-0.1, -0.05) is 50.2 Å². The number of aromatic nitrogens is 1. The fourth-order valence-corrected chi connectivity index (χ4v) is 4.83. The van der Waals surface area contributed by atoms with Crippen LogP contribution in [0.25, 0.3) is 10.9 Å². The average Bonchev–Trinajstić information content (AvgIpc) is 3.11. The number of carbonyl (C=O) groups excluding carboxylic acids is 1. The molecule has 3 heteroatoms. The zero-order valence-corrected chi connectivity index (χ0v) is 16.6. The predicted molar refractivity (Wildman–Crippen MR) is 111 cm³/mol. The maximum atomic E-state index is 12.3. The van der Waals surface area contributed by atoms with Crippen LogP contribution in [0.3, 0.4) is 0 Å². The molecule has 1 aromatic heterocycles. The molecule has 1 N–H and O–H groups in total. The smallest absolute Gasteiger partial charge is 0.251 e. The standard InChI is InChI=1S/C24H28N2O/c1-16-21(18-12-8-9-13-20(18)26(16)4)22-19(24(22,2)3)14-15-25-23(27)17-10-6-5-7-11-17/h5-13,19,22H,14-15H2,1-4H3,(H,25,27)/t19-,22-/m1/s1. The van der Waals surface area contributed by atoms with E-state index in [2.05, 4.69) is 62.0 Å². The number of para-hydroxylation sites is 1. The van der Waals surface area contributed by atoms with E-state index in [0.717, 1.165) is 18.5 Å². The molecule has 140 valence electrons. The lowest BCUT2D eigenvalue weighted by Gasteiger charge is -2.06. The van der Waals surface area contributed by atoms with Gasteiger partial charge in [-0.25, -0.2) is 0 Å². The summed E-state index contributed by atoms with van der Waals surface area (Å²) in [7, 11) is 2.16. The summed E-state index contributed by atoms with van der Waals surface area (Å²) in [6.45, 7) is 7.69. The van der Waals surface area contributed by atoms with Crippen LogP contribution in [-0.4, -0.2) is 17.0 Å². The Bertz CT molecular complexity index is 984. The third-order valence-corrected chi connectivity index (χ3v) is 6.59. The third-order valence-electron chi connectivity index (χ3n) is 6.59. The summed E-state index contributed by atoms with van der Waals surface area (Å²) in [5.41, 5.74) is 5.17. The van der Waals surface area contributed by atoms with E-state index in [0.29, 0.717) is 11.8 Å². The van der Waals surface area contributed by atoms with E-state index in [1.807, 2.05) is 30.3 Å². The Morgan fingerprint density at radius 3 is 2.48 bits per heavy atom. The number of rotatable bonds is 5. The van der Waals surface area contributed by atoms with Gasteiger partial charge >= 0.3 is 0 Å². The van der Waals surface area contributed by atoms with Crippen molar-refractivity contribution < 1.29 is 4.79 Å². The molecule has 27 heavy (non-hydrogen) atoms. The minimum atomic E-state index is 0.0203. The molecule has 2 aromatic carbocycles. The lowest BCUT2D eigenvalue weighted by atomic mass is 10.0. The van der Waals surface area contributed by atoms with E-state index in [9.17, 15) is 4.79 Å². The van der Waals surface area contributed by atoms with Gasteiger partial charge in [-0.05, 0) is 54.4 Å². The second kappa shape index (κ2) is 6.56. The summed E-state index contributed by atoms with van der Waals surface area (Å²) in [5, 5.41) is 4.47. The lowest BCUT2D eigenvalue weighted by molar-refractivity contribution is 0.0952. The van der Waals surface area contributed by atoms with Crippen molar-refractivity contribution in [2.45, 2.75) is 33.1 Å². The number of carbonyl (C=O) groups is 1. The minimum Gasteiger partial charge on any atom is -0.352 e. The predicted octanol–water partition coefficient (Wildman–Crippen LogP) is 5.05. The molecule has 2 atom stereocenters. The molecule has 3 aromatic rings. The van der Waals surface area contributed by atoms with Crippen LogP contribution in [0.1, 0.15) is 47.8 Å². The van der Waals surface area contributed by atoms with Crippen LogP contribution in [0.4, 0.5) is 0 Å². The van der Waals surface area contributed by atoms with E-state index in [1.165, 1.54) is 22.2 Å². The van der Waals surface area contributed by atoms with Crippen LogP contribution in [0.5, 0.6) is 0 Å². The molecule has 1 aliphatic rings. The molecular formula is C24H28N2O. The summed E-state index contributed by atoms with van der Waals surface area (Å²) in [5.74, 6) is 1.17. The van der Waals surface area contributed by atoms with Gasteiger partial charge in [0.25, 0.3) is 5.91 Å². The Morgan fingerprint density at radius 2 is 1.74 bits per heavy atom. The summed E-state index contributed by atoms with van der Waals surface area (Å²) < 4.78 is 2.31. The van der Waals surface area contributed by atoms with Gasteiger partial charge in [0.05, 0.1) is 0 Å². The Labute approximate surface area is 161 Å². The Kier molecular flexibility index (Phi) is 4.33. The maximum Gasteiger partial charge on any atom is 0.251 e. The Morgan fingerprint density at radius 1 is 1.07 bits per heavy atom. The van der Waals surface area contributed by atoms with Gasteiger partial charge < -0.3 is 9.88 Å². The molecular weight excluding hydrogens is 332 g/mol.